The standard InChI is InChI=1S/C16H28F3N3.HI/c1-2-20-15(21-10-6-5-9-16(17,18)19)22-11-13-7-3-4-8-14(13)12-22;/h13-14H,2-12H2,1H3,(H,20,21);1H. The molecule has 0 aromatic heterocycles. The Kier molecular flexibility index (Phi) is 9.00. The van der Waals surface area contributed by atoms with Crippen molar-refractivity contribution in [1.29, 1.82) is 0 Å². The van der Waals surface area contributed by atoms with Gasteiger partial charge in [0.1, 0.15) is 0 Å². The van der Waals surface area contributed by atoms with Gasteiger partial charge in [-0.15, -0.1) is 24.0 Å². The number of fused-ring (bicyclic) bond motifs is 1. The second-order valence-electron chi connectivity index (χ2n) is 6.52. The maximum absolute atomic E-state index is 12.1. The number of rotatable bonds is 5. The smallest absolute Gasteiger partial charge is 0.357 e. The van der Waals surface area contributed by atoms with E-state index in [1.807, 2.05) is 6.92 Å². The van der Waals surface area contributed by atoms with E-state index in [0.717, 1.165) is 37.4 Å². The molecule has 1 saturated heterocycles. The summed E-state index contributed by atoms with van der Waals surface area (Å²) in [6, 6.07) is 0. The van der Waals surface area contributed by atoms with Crippen LogP contribution in [0, 0.1) is 11.8 Å². The Morgan fingerprint density at radius 2 is 1.74 bits per heavy atom. The van der Waals surface area contributed by atoms with Gasteiger partial charge in [-0.05, 0) is 44.4 Å². The minimum absolute atomic E-state index is 0. The molecule has 2 fully saturated rings. The zero-order valence-corrected chi connectivity index (χ0v) is 16.2. The van der Waals surface area contributed by atoms with Crippen molar-refractivity contribution in [3.05, 3.63) is 0 Å². The largest absolute Gasteiger partial charge is 0.389 e. The number of alkyl halides is 3. The molecule has 136 valence electrons. The van der Waals surface area contributed by atoms with Gasteiger partial charge in [-0.2, -0.15) is 13.2 Å². The highest BCUT2D eigenvalue weighted by atomic mass is 127. The lowest BCUT2D eigenvalue weighted by atomic mass is 9.82. The van der Waals surface area contributed by atoms with Gasteiger partial charge in [0.25, 0.3) is 0 Å². The minimum Gasteiger partial charge on any atom is -0.357 e. The molecule has 0 amide bonds. The molecule has 3 nitrogen and oxygen atoms in total. The predicted molar refractivity (Wildman–Crippen MR) is 98.3 cm³/mol. The van der Waals surface area contributed by atoms with Crippen molar-refractivity contribution >= 4 is 29.9 Å². The summed E-state index contributed by atoms with van der Waals surface area (Å²) in [4.78, 5) is 6.85. The summed E-state index contributed by atoms with van der Waals surface area (Å²) in [6.07, 6.45) is 1.21. The second kappa shape index (κ2) is 9.93. The molecule has 23 heavy (non-hydrogen) atoms. The number of unbranched alkanes of at least 4 members (excludes halogenated alkanes) is 1. The summed E-state index contributed by atoms with van der Waals surface area (Å²) in [7, 11) is 0. The average molecular weight is 447 g/mol. The van der Waals surface area contributed by atoms with E-state index in [2.05, 4.69) is 15.2 Å². The Hall–Kier alpha value is -0.210. The monoisotopic (exact) mass is 447 g/mol. The van der Waals surface area contributed by atoms with Crippen LogP contribution in [0.4, 0.5) is 13.2 Å². The lowest BCUT2D eigenvalue weighted by Crippen LogP contribution is -2.40. The number of aliphatic imine (C=N–C) groups is 1. The summed E-state index contributed by atoms with van der Waals surface area (Å²) in [5, 5.41) is 3.30. The van der Waals surface area contributed by atoms with Crippen molar-refractivity contribution in [3.63, 3.8) is 0 Å². The third kappa shape index (κ3) is 7.05. The van der Waals surface area contributed by atoms with Crippen LogP contribution >= 0.6 is 24.0 Å². The topological polar surface area (TPSA) is 27.6 Å². The predicted octanol–water partition coefficient (Wildman–Crippen LogP) is 4.42. The summed E-state index contributed by atoms with van der Waals surface area (Å²) in [5.41, 5.74) is 0. The Morgan fingerprint density at radius 3 is 2.26 bits per heavy atom. The molecule has 0 radical (unpaired) electrons. The molecule has 0 spiro atoms. The van der Waals surface area contributed by atoms with Gasteiger partial charge in [0.2, 0.25) is 0 Å². The van der Waals surface area contributed by atoms with E-state index in [1.54, 1.807) is 0 Å². The fourth-order valence-corrected chi connectivity index (χ4v) is 3.63. The average Bonchev–Trinajstić information content (AvgIpc) is 2.88. The normalized spacial score (nSPS) is 25.0. The van der Waals surface area contributed by atoms with Crippen molar-refractivity contribution in [2.24, 2.45) is 16.8 Å². The summed E-state index contributed by atoms with van der Waals surface area (Å²) >= 11 is 0. The van der Waals surface area contributed by atoms with E-state index in [1.165, 1.54) is 25.7 Å². The van der Waals surface area contributed by atoms with E-state index >= 15 is 0 Å². The van der Waals surface area contributed by atoms with Gasteiger partial charge in [0.05, 0.1) is 0 Å². The molecule has 1 heterocycles. The molecule has 0 bridgehead atoms. The zero-order chi connectivity index (χ0) is 16.0. The van der Waals surface area contributed by atoms with Crippen LogP contribution in [0.3, 0.4) is 0 Å². The van der Waals surface area contributed by atoms with Gasteiger partial charge < -0.3 is 10.2 Å². The number of hydrogen-bond acceptors (Lipinski definition) is 1. The number of hydrogen-bond donors (Lipinski definition) is 1. The maximum atomic E-state index is 12.1. The SMILES string of the molecule is CCNC(=NCCCCC(F)(F)F)N1CC2CCCCC2C1.I. The van der Waals surface area contributed by atoms with Gasteiger partial charge in [0, 0.05) is 32.6 Å². The van der Waals surface area contributed by atoms with Crippen LogP contribution in [0.25, 0.3) is 0 Å². The lowest BCUT2D eigenvalue weighted by Gasteiger charge is -2.22. The number of halogens is 4. The third-order valence-corrected chi connectivity index (χ3v) is 4.74. The maximum Gasteiger partial charge on any atom is 0.389 e. The van der Waals surface area contributed by atoms with Gasteiger partial charge in [0.15, 0.2) is 5.96 Å². The molecule has 7 heteroatoms. The molecule has 2 unspecified atom stereocenters. The molecule has 1 aliphatic heterocycles. The quantitative estimate of drug-likeness (QED) is 0.293. The van der Waals surface area contributed by atoms with Crippen LogP contribution < -0.4 is 5.32 Å². The molecule has 1 aliphatic carbocycles. The van der Waals surface area contributed by atoms with Crippen molar-refractivity contribution < 1.29 is 13.2 Å². The highest BCUT2D eigenvalue weighted by molar-refractivity contribution is 14.0. The Balaban J connectivity index is 0.00000264. The van der Waals surface area contributed by atoms with Gasteiger partial charge >= 0.3 is 6.18 Å². The number of likely N-dealkylation sites (tertiary alicyclic amines) is 1. The summed E-state index contributed by atoms with van der Waals surface area (Å²) in [6.45, 7) is 5.41. The first-order valence-electron chi connectivity index (χ1n) is 8.59. The summed E-state index contributed by atoms with van der Waals surface area (Å²) in [5.74, 6) is 2.45. The van der Waals surface area contributed by atoms with Crippen molar-refractivity contribution in [1.82, 2.24) is 10.2 Å². The van der Waals surface area contributed by atoms with E-state index in [0.29, 0.717) is 13.0 Å². The van der Waals surface area contributed by atoms with Crippen LogP contribution in [0.2, 0.25) is 0 Å². The van der Waals surface area contributed by atoms with Crippen LogP contribution in [-0.4, -0.2) is 43.2 Å². The molecule has 2 atom stereocenters. The van der Waals surface area contributed by atoms with E-state index in [9.17, 15) is 13.2 Å². The fraction of sp³-hybridized carbons (Fsp3) is 0.938. The third-order valence-electron chi connectivity index (χ3n) is 4.74. The van der Waals surface area contributed by atoms with Crippen LogP contribution in [0.5, 0.6) is 0 Å². The Morgan fingerprint density at radius 1 is 1.13 bits per heavy atom. The highest BCUT2D eigenvalue weighted by Crippen LogP contribution is 2.35. The number of nitrogens with zero attached hydrogens (tertiary/aromatic N) is 2. The van der Waals surface area contributed by atoms with Crippen molar-refractivity contribution in [3.8, 4) is 0 Å². The van der Waals surface area contributed by atoms with Gasteiger partial charge in [-0.3, -0.25) is 4.99 Å². The molecule has 0 aromatic carbocycles. The Labute approximate surface area is 154 Å². The minimum atomic E-state index is -4.04. The molecule has 2 aliphatic rings. The first-order valence-corrected chi connectivity index (χ1v) is 8.59. The fourth-order valence-electron chi connectivity index (χ4n) is 3.63. The van der Waals surface area contributed by atoms with Gasteiger partial charge in [-0.1, -0.05) is 12.8 Å². The number of nitrogens with one attached hydrogen (secondary N) is 1. The highest BCUT2D eigenvalue weighted by Gasteiger charge is 2.35. The number of guanidine groups is 1. The molecule has 1 saturated carbocycles. The van der Waals surface area contributed by atoms with E-state index in [-0.39, 0.29) is 30.4 Å². The van der Waals surface area contributed by atoms with Crippen LogP contribution in [0.1, 0.15) is 51.9 Å². The molecular formula is C16H29F3IN3. The zero-order valence-electron chi connectivity index (χ0n) is 13.9. The Bertz CT molecular complexity index is 360. The van der Waals surface area contributed by atoms with E-state index < -0.39 is 12.6 Å². The van der Waals surface area contributed by atoms with Gasteiger partial charge in [-0.25, -0.2) is 0 Å². The lowest BCUT2D eigenvalue weighted by molar-refractivity contribution is -0.135. The van der Waals surface area contributed by atoms with E-state index in [4.69, 9.17) is 0 Å². The molecule has 2 rings (SSSR count). The van der Waals surface area contributed by atoms with Crippen LogP contribution in [-0.2, 0) is 0 Å². The first-order chi connectivity index (χ1) is 10.5. The summed E-state index contributed by atoms with van der Waals surface area (Å²) < 4.78 is 36.4. The van der Waals surface area contributed by atoms with Crippen molar-refractivity contribution in [2.75, 3.05) is 26.2 Å². The molecular weight excluding hydrogens is 418 g/mol. The molecule has 1 N–H and O–H groups in total. The first kappa shape index (κ1) is 20.8. The van der Waals surface area contributed by atoms with Crippen LogP contribution in [0.15, 0.2) is 4.99 Å². The van der Waals surface area contributed by atoms with Crippen molar-refractivity contribution in [2.45, 2.75) is 58.0 Å². The second-order valence-corrected chi connectivity index (χ2v) is 6.52. The molecule has 0 aromatic rings.